The van der Waals surface area contributed by atoms with Crippen molar-refractivity contribution in [3.8, 4) is 0 Å². The van der Waals surface area contributed by atoms with Gasteiger partial charge in [-0.15, -0.1) is 0 Å². The lowest BCUT2D eigenvalue weighted by molar-refractivity contribution is 0.248. The topological polar surface area (TPSA) is 55.1 Å². The molecule has 70 valence electrons. The van der Waals surface area contributed by atoms with E-state index in [1.54, 1.807) is 0 Å². The highest BCUT2D eigenvalue weighted by atomic mass is 19.2. The van der Waals surface area contributed by atoms with Crippen LogP contribution in [0.15, 0.2) is 18.2 Å². The van der Waals surface area contributed by atoms with Gasteiger partial charge in [0.2, 0.25) is 0 Å². The molecule has 3 nitrogen and oxygen atoms in total. The van der Waals surface area contributed by atoms with Crippen molar-refractivity contribution in [2.45, 2.75) is 6.54 Å². The molecule has 1 rings (SSSR count). The van der Waals surface area contributed by atoms with E-state index in [1.165, 1.54) is 12.1 Å². The summed E-state index contributed by atoms with van der Waals surface area (Å²) in [6.07, 6.45) is 0. The first-order valence-corrected chi connectivity index (χ1v) is 3.57. The van der Waals surface area contributed by atoms with E-state index in [9.17, 15) is 13.6 Å². The highest BCUT2D eigenvalue weighted by molar-refractivity contribution is 5.71. The molecule has 0 bridgehead atoms. The Morgan fingerprint density at radius 3 is 2.77 bits per heavy atom. The Morgan fingerprint density at radius 1 is 1.46 bits per heavy atom. The highest BCUT2D eigenvalue weighted by Gasteiger charge is 2.06. The van der Waals surface area contributed by atoms with Gasteiger partial charge in [0.05, 0.1) is 0 Å². The average molecular weight is 186 g/mol. The monoisotopic (exact) mass is 186 g/mol. The molecule has 1 aromatic carbocycles. The number of hydrogen-bond acceptors (Lipinski definition) is 1. The van der Waals surface area contributed by atoms with Crippen LogP contribution in [0.1, 0.15) is 5.56 Å². The number of carbonyl (C=O) groups excluding carboxylic acids is 1. The Hall–Kier alpha value is -1.65. The predicted octanol–water partition coefficient (Wildman–Crippen LogP) is 1.13. The van der Waals surface area contributed by atoms with Crippen molar-refractivity contribution in [2.75, 3.05) is 0 Å². The quantitative estimate of drug-likeness (QED) is 0.714. The Morgan fingerprint density at radius 2 is 2.15 bits per heavy atom. The Labute approximate surface area is 73.5 Å². The molecule has 5 heteroatoms. The number of amides is 2. The van der Waals surface area contributed by atoms with Gasteiger partial charge in [0, 0.05) is 12.1 Å². The molecule has 3 N–H and O–H groups in total. The lowest BCUT2D eigenvalue weighted by atomic mass is 10.2. The molecule has 13 heavy (non-hydrogen) atoms. The number of halogens is 2. The van der Waals surface area contributed by atoms with Crippen molar-refractivity contribution in [3.63, 3.8) is 0 Å². The van der Waals surface area contributed by atoms with Gasteiger partial charge in [-0.1, -0.05) is 12.1 Å². The first-order valence-electron chi connectivity index (χ1n) is 3.57. The lowest BCUT2D eigenvalue weighted by Crippen LogP contribution is -2.29. The van der Waals surface area contributed by atoms with E-state index in [4.69, 9.17) is 5.73 Å². The van der Waals surface area contributed by atoms with Crippen LogP contribution in [-0.2, 0) is 6.54 Å². The van der Waals surface area contributed by atoms with E-state index in [0.29, 0.717) is 0 Å². The first-order chi connectivity index (χ1) is 6.11. The van der Waals surface area contributed by atoms with Gasteiger partial charge in [0.25, 0.3) is 0 Å². The fraction of sp³-hybridized carbons (Fsp3) is 0.125. The molecule has 0 unspecified atom stereocenters. The lowest BCUT2D eigenvalue weighted by Gasteiger charge is -2.03. The largest absolute Gasteiger partial charge is 0.352 e. The Balaban J connectivity index is 2.77. The third kappa shape index (κ3) is 2.40. The third-order valence-corrected chi connectivity index (χ3v) is 1.48. The highest BCUT2D eigenvalue weighted by Crippen LogP contribution is 2.10. The van der Waals surface area contributed by atoms with E-state index >= 15 is 0 Å². The van der Waals surface area contributed by atoms with Crippen LogP contribution in [0.3, 0.4) is 0 Å². The SMILES string of the molecule is NC(=O)NCc1cccc(F)c1F. The zero-order chi connectivity index (χ0) is 9.84. The van der Waals surface area contributed by atoms with Crippen LogP contribution in [0.5, 0.6) is 0 Å². The molecule has 0 saturated heterocycles. The van der Waals surface area contributed by atoms with Gasteiger partial charge in [-0.2, -0.15) is 0 Å². The van der Waals surface area contributed by atoms with Crippen LogP contribution >= 0.6 is 0 Å². The Kier molecular flexibility index (Phi) is 2.79. The summed E-state index contributed by atoms with van der Waals surface area (Å²) in [7, 11) is 0. The molecular formula is C8H8F2N2O. The molecule has 0 saturated carbocycles. The molecule has 0 aliphatic carbocycles. The minimum absolute atomic E-state index is 0.0683. The number of hydrogen-bond donors (Lipinski definition) is 2. The zero-order valence-electron chi connectivity index (χ0n) is 6.68. The molecule has 0 aromatic heterocycles. The van der Waals surface area contributed by atoms with E-state index in [0.717, 1.165) is 6.07 Å². The van der Waals surface area contributed by atoms with Gasteiger partial charge in [0.15, 0.2) is 11.6 Å². The van der Waals surface area contributed by atoms with Crippen LogP contribution in [0.2, 0.25) is 0 Å². The fourth-order valence-electron chi connectivity index (χ4n) is 0.867. The van der Waals surface area contributed by atoms with Crippen LogP contribution in [0, 0.1) is 11.6 Å². The van der Waals surface area contributed by atoms with Gasteiger partial charge in [-0.25, -0.2) is 13.6 Å². The molecule has 0 aliphatic rings. The number of benzene rings is 1. The molecule has 0 aliphatic heterocycles. The normalized spacial score (nSPS) is 9.69. The zero-order valence-corrected chi connectivity index (χ0v) is 6.68. The van der Waals surface area contributed by atoms with Gasteiger partial charge in [0.1, 0.15) is 0 Å². The van der Waals surface area contributed by atoms with Crippen molar-refractivity contribution in [1.82, 2.24) is 5.32 Å². The number of urea groups is 1. The minimum Gasteiger partial charge on any atom is -0.352 e. The van der Waals surface area contributed by atoms with E-state index in [2.05, 4.69) is 5.32 Å². The van der Waals surface area contributed by atoms with Crippen molar-refractivity contribution >= 4 is 6.03 Å². The summed E-state index contributed by atoms with van der Waals surface area (Å²) in [5.74, 6) is -1.90. The van der Waals surface area contributed by atoms with Gasteiger partial charge < -0.3 is 11.1 Å². The van der Waals surface area contributed by atoms with Crippen LogP contribution in [-0.4, -0.2) is 6.03 Å². The average Bonchev–Trinajstić information content (AvgIpc) is 2.07. The summed E-state index contributed by atoms with van der Waals surface area (Å²) in [6, 6.07) is 2.96. The van der Waals surface area contributed by atoms with Crippen molar-refractivity contribution in [1.29, 1.82) is 0 Å². The van der Waals surface area contributed by atoms with Gasteiger partial charge >= 0.3 is 6.03 Å². The van der Waals surface area contributed by atoms with Gasteiger partial charge in [-0.3, -0.25) is 0 Å². The molecule has 1 aromatic rings. The molecular weight excluding hydrogens is 178 g/mol. The molecule has 0 fully saturated rings. The van der Waals surface area contributed by atoms with Crippen molar-refractivity contribution in [3.05, 3.63) is 35.4 Å². The summed E-state index contributed by atoms with van der Waals surface area (Å²) in [6.45, 7) is -0.112. The predicted molar refractivity (Wildman–Crippen MR) is 42.8 cm³/mol. The fourth-order valence-corrected chi connectivity index (χ4v) is 0.867. The summed E-state index contributed by atoms with van der Waals surface area (Å²) >= 11 is 0. The second-order valence-corrected chi connectivity index (χ2v) is 2.43. The number of primary amides is 1. The number of rotatable bonds is 2. The Bertz CT molecular complexity index is 328. The maximum absolute atomic E-state index is 12.9. The third-order valence-electron chi connectivity index (χ3n) is 1.48. The summed E-state index contributed by atoms with van der Waals surface area (Å²) in [5.41, 5.74) is 4.83. The first kappa shape index (κ1) is 9.44. The van der Waals surface area contributed by atoms with Crippen LogP contribution in [0.4, 0.5) is 13.6 Å². The molecule has 0 heterocycles. The molecule has 2 amide bonds. The van der Waals surface area contributed by atoms with Crippen molar-refractivity contribution < 1.29 is 13.6 Å². The van der Waals surface area contributed by atoms with Crippen LogP contribution < -0.4 is 11.1 Å². The second kappa shape index (κ2) is 3.84. The maximum atomic E-state index is 12.9. The number of nitrogens with one attached hydrogen (secondary N) is 1. The van der Waals surface area contributed by atoms with Crippen LogP contribution in [0.25, 0.3) is 0 Å². The standard InChI is InChI=1S/C8H8F2N2O/c9-6-3-1-2-5(7(6)10)4-12-8(11)13/h1-3H,4H2,(H3,11,12,13). The molecule has 0 atom stereocenters. The summed E-state index contributed by atoms with van der Waals surface area (Å²) in [4.78, 5) is 10.3. The van der Waals surface area contributed by atoms with Gasteiger partial charge in [-0.05, 0) is 6.07 Å². The smallest absolute Gasteiger partial charge is 0.312 e. The van der Waals surface area contributed by atoms with E-state index in [-0.39, 0.29) is 12.1 Å². The maximum Gasteiger partial charge on any atom is 0.312 e. The second-order valence-electron chi connectivity index (χ2n) is 2.43. The number of carbonyl (C=O) groups is 1. The van der Waals surface area contributed by atoms with Crippen molar-refractivity contribution in [2.24, 2.45) is 5.73 Å². The summed E-state index contributed by atoms with van der Waals surface area (Å²) < 4.78 is 25.5. The summed E-state index contributed by atoms with van der Waals surface area (Å²) in [5, 5.41) is 2.16. The van der Waals surface area contributed by atoms with E-state index < -0.39 is 17.7 Å². The molecule has 0 radical (unpaired) electrons. The van der Waals surface area contributed by atoms with E-state index in [1.807, 2.05) is 0 Å². The number of nitrogens with two attached hydrogens (primary N) is 1. The molecule has 0 spiro atoms. The minimum atomic E-state index is -0.962.